The highest BCUT2D eigenvalue weighted by Gasteiger charge is 2.31. The molecule has 0 aliphatic carbocycles. The number of benzene rings is 1. The lowest BCUT2D eigenvalue weighted by atomic mass is 10.0. The number of likely N-dealkylation sites (N-methyl/N-ethyl adjacent to an activating group) is 1. The van der Waals surface area contributed by atoms with Gasteiger partial charge in [0.15, 0.2) is 0 Å². The summed E-state index contributed by atoms with van der Waals surface area (Å²) in [5.41, 5.74) is 1.82. The molecule has 7 nitrogen and oxygen atoms in total. The van der Waals surface area contributed by atoms with Crippen molar-refractivity contribution in [3.05, 3.63) is 46.7 Å². The molecule has 0 saturated carbocycles. The summed E-state index contributed by atoms with van der Waals surface area (Å²) < 4.78 is 27.6. The van der Waals surface area contributed by atoms with Crippen LogP contribution in [0.4, 0.5) is 20.5 Å². The predicted molar refractivity (Wildman–Crippen MR) is 123 cm³/mol. The van der Waals surface area contributed by atoms with Crippen LogP contribution >= 0.6 is 0 Å². The molecule has 1 aromatic heterocycles. The molecule has 0 bridgehead atoms. The molecular weight excluding hydrogens is 426 g/mol. The highest BCUT2D eigenvalue weighted by atomic mass is 19.1. The van der Waals surface area contributed by atoms with Gasteiger partial charge in [0, 0.05) is 63.9 Å². The second-order valence-electron chi connectivity index (χ2n) is 9.21. The highest BCUT2D eigenvalue weighted by molar-refractivity contribution is 5.94. The minimum absolute atomic E-state index is 0.105. The van der Waals surface area contributed by atoms with E-state index in [1.165, 1.54) is 12.5 Å². The van der Waals surface area contributed by atoms with E-state index in [0.29, 0.717) is 19.5 Å². The molecule has 1 aromatic carbocycles. The van der Waals surface area contributed by atoms with Gasteiger partial charge in [0.2, 0.25) is 5.95 Å². The molecule has 3 aliphatic rings. The van der Waals surface area contributed by atoms with Gasteiger partial charge in [0.05, 0.1) is 17.8 Å². The van der Waals surface area contributed by atoms with Gasteiger partial charge in [-0.1, -0.05) is 0 Å². The average Bonchev–Trinajstić information content (AvgIpc) is 2.84. The molecule has 9 heteroatoms. The summed E-state index contributed by atoms with van der Waals surface area (Å²) in [6, 6.07) is 3.10. The normalized spacial score (nSPS) is 19.5. The van der Waals surface area contributed by atoms with Crippen LogP contribution in [0.5, 0.6) is 0 Å². The fraction of sp³-hybridized carbons (Fsp3) is 0.542. The van der Waals surface area contributed by atoms with Crippen molar-refractivity contribution in [1.82, 2.24) is 19.8 Å². The van der Waals surface area contributed by atoms with Gasteiger partial charge in [-0.15, -0.1) is 0 Å². The van der Waals surface area contributed by atoms with Gasteiger partial charge in [0.1, 0.15) is 17.5 Å². The Morgan fingerprint density at radius 3 is 2.39 bits per heavy atom. The largest absolute Gasteiger partial charge is 0.354 e. The number of fused-ring (bicyclic) bond motifs is 1. The molecule has 0 spiro atoms. The van der Waals surface area contributed by atoms with Crippen molar-refractivity contribution < 1.29 is 13.6 Å². The minimum Gasteiger partial charge on any atom is -0.354 e. The first kappa shape index (κ1) is 22.0. The van der Waals surface area contributed by atoms with Gasteiger partial charge in [-0.25, -0.2) is 13.8 Å². The van der Waals surface area contributed by atoms with Gasteiger partial charge >= 0.3 is 0 Å². The van der Waals surface area contributed by atoms with Crippen LogP contribution in [0.1, 0.15) is 40.9 Å². The first-order valence-electron chi connectivity index (χ1n) is 11.8. The van der Waals surface area contributed by atoms with E-state index in [0.717, 1.165) is 87.3 Å². The first-order valence-corrected chi connectivity index (χ1v) is 11.8. The average molecular weight is 457 g/mol. The van der Waals surface area contributed by atoms with E-state index in [1.54, 1.807) is 4.90 Å². The van der Waals surface area contributed by atoms with Crippen molar-refractivity contribution in [1.29, 1.82) is 0 Å². The molecule has 176 valence electrons. The summed E-state index contributed by atoms with van der Waals surface area (Å²) in [6.45, 7) is 6.32. The Kier molecular flexibility index (Phi) is 6.14. The molecule has 0 unspecified atom stereocenters. The molecule has 0 atom stereocenters. The maximum Gasteiger partial charge on any atom is 0.257 e. The van der Waals surface area contributed by atoms with Crippen LogP contribution in [0.15, 0.2) is 18.2 Å². The van der Waals surface area contributed by atoms with Gasteiger partial charge < -0.3 is 19.6 Å². The third-order valence-corrected chi connectivity index (χ3v) is 6.92. The lowest BCUT2D eigenvalue weighted by Crippen LogP contribution is -2.46. The molecule has 2 fully saturated rings. The number of rotatable bonds is 3. The Bertz CT molecular complexity index is 1030. The minimum atomic E-state index is -0.832. The number of halogens is 2. The second kappa shape index (κ2) is 9.21. The molecule has 5 rings (SSSR count). The van der Waals surface area contributed by atoms with E-state index in [1.807, 2.05) is 0 Å². The van der Waals surface area contributed by atoms with Gasteiger partial charge in [0.25, 0.3) is 5.91 Å². The zero-order chi connectivity index (χ0) is 22.9. The van der Waals surface area contributed by atoms with Crippen LogP contribution in [-0.4, -0.2) is 78.5 Å². The molecular formula is C24H30F2N6O. The Labute approximate surface area is 193 Å². The number of hydrogen-bond acceptors (Lipinski definition) is 6. The Morgan fingerprint density at radius 1 is 0.909 bits per heavy atom. The van der Waals surface area contributed by atoms with Gasteiger partial charge in [-0.2, -0.15) is 4.98 Å². The summed E-state index contributed by atoms with van der Waals surface area (Å²) in [5.74, 6) is -0.272. The molecule has 1 amide bonds. The third kappa shape index (κ3) is 4.51. The van der Waals surface area contributed by atoms with Crippen LogP contribution in [-0.2, 0) is 13.0 Å². The molecule has 0 radical (unpaired) electrons. The van der Waals surface area contributed by atoms with E-state index < -0.39 is 17.5 Å². The van der Waals surface area contributed by atoms with E-state index in [4.69, 9.17) is 9.97 Å². The van der Waals surface area contributed by atoms with E-state index in [2.05, 4.69) is 21.7 Å². The monoisotopic (exact) mass is 456 g/mol. The third-order valence-electron chi connectivity index (χ3n) is 6.92. The van der Waals surface area contributed by atoms with E-state index in [9.17, 15) is 13.6 Å². The lowest BCUT2D eigenvalue weighted by Gasteiger charge is -2.38. The topological polar surface area (TPSA) is 55.8 Å². The molecule has 3 aliphatic heterocycles. The standard InChI is InChI=1S/C24H30F2N6O/c1-29-11-13-30(14-12-29)22-19-16-32(23(33)18-6-5-17(25)15-20(18)26)10-7-21(19)27-24(28-22)31-8-3-2-4-9-31/h5-6,15H,2-4,7-14,16H2,1H3. The number of carbonyl (C=O) groups is 1. The van der Waals surface area contributed by atoms with E-state index in [-0.39, 0.29) is 5.56 Å². The van der Waals surface area contributed by atoms with Crippen LogP contribution in [0, 0.1) is 11.6 Å². The van der Waals surface area contributed by atoms with Crippen LogP contribution in [0.2, 0.25) is 0 Å². The van der Waals surface area contributed by atoms with Crippen LogP contribution < -0.4 is 9.80 Å². The summed E-state index contributed by atoms with van der Waals surface area (Å²) in [4.78, 5) is 31.5. The van der Waals surface area contributed by atoms with Crippen molar-refractivity contribution in [2.75, 3.05) is 62.7 Å². The number of amides is 1. The first-order chi connectivity index (χ1) is 16.0. The zero-order valence-corrected chi connectivity index (χ0v) is 19.1. The number of hydrogen-bond donors (Lipinski definition) is 0. The smallest absolute Gasteiger partial charge is 0.257 e. The summed E-state index contributed by atoms with van der Waals surface area (Å²) in [6.07, 6.45) is 4.13. The number of carbonyl (C=O) groups excluding carboxylic acids is 1. The van der Waals surface area contributed by atoms with Crippen LogP contribution in [0.25, 0.3) is 0 Å². The molecule has 4 heterocycles. The van der Waals surface area contributed by atoms with Crippen molar-refractivity contribution in [2.24, 2.45) is 0 Å². The second-order valence-corrected chi connectivity index (χ2v) is 9.21. The Hall–Kier alpha value is -2.81. The fourth-order valence-electron chi connectivity index (χ4n) is 4.91. The molecule has 0 N–H and O–H groups in total. The zero-order valence-electron chi connectivity index (χ0n) is 19.1. The van der Waals surface area contributed by atoms with Crippen molar-refractivity contribution in [2.45, 2.75) is 32.2 Å². The maximum absolute atomic E-state index is 14.3. The Balaban J connectivity index is 1.47. The molecule has 33 heavy (non-hydrogen) atoms. The fourth-order valence-corrected chi connectivity index (χ4v) is 4.91. The number of nitrogens with zero attached hydrogens (tertiary/aromatic N) is 6. The maximum atomic E-state index is 14.3. The number of anilines is 2. The quantitative estimate of drug-likeness (QED) is 0.708. The van der Waals surface area contributed by atoms with Crippen molar-refractivity contribution in [3.63, 3.8) is 0 Å². The van der Waals surface area contributed by atoms with Gasteiger partial charge in [-0.3, -0.25) is 4.79 Å². The summed E-state index contributed by atoms with van der Waals surface area (Å²) in [7, 11) is 2.11. The number of aromatic nitrogens is 2. The van der Waals surface area contributed by atoms with Crippen molar-refractivity contribution >= 4 is 17.7 Å². The van der Waals surface area contributed by atoms with Gasteiger partial charge in [-0.05, 0) is 38.4 Å². The Morgan fingerprint density at radius 2 is 1.67 bits per heavy atom. The van der Waals surface area contributed by atoms with Crippen LogP contribution in [0.3, 0.4) is 0 Å². The predicted octanol–water partition coefficient (Wildman–Crippen LogP) is 2.70. The molecule has 2 aromatic rings. The SMILES string of the molecule is CN1CCN(c2nc(N3CCCCC3)nc3c2CN(C(=O)c2ccc(F)cc2F)CC3)CC1. The van der Waals surface area contributed by atoms with E-state index >= 15 is 0 Å². The number of piperazine rings is 1. The molecule has 2 saturated heterocycles. The number of piperidine rings is 1. The highest BCUT2D eigenvalue weighted by Crippen LogP contribution is 2.31. The summed E-state index contributed by atoms with van der Waals surface area (Å²) >= 11 is 0. The van der Waals surface area contributed by atoms with Crippen molar-refractivity contribution in [3.8, 4) is 0 Å². The summed E-state index contributed by atoms with van der Waals surface area (Å²) in [5, 5.41) is 0. The lowest BCUT2D eigenvalue weighted by molar-refractivity contribution is 0.0728.